The molecule has 176 valence electrons. The number of hydrogen-bond acceptors (Lipinski definition) is 4. The molecular weight excluding hydrogens is 436 g/mol. The summed E-state index contributed by atoms with van der Waals surface area (Å²) >= 11 is 0. The predicted octanol–water partition coefficient (Wildman–Crippen LogP) is 5.95. The number of nitrogens with one attached hydrogen (secondary N) is 1. The molecule has 5 rings (SSSR count). The topological polar surface area (TPSA) is 50.8 Å². The molecule has 1 heterocycles. The summed E-state index contributed by atoms with van der Waals surface area (Å²) in [6, 6.07) is 35.5. The Labute approximate surface area is 205 Å². The van der Waals surface area contributed by atoms with Crippen molar-refractivity contribution in [1.29, 1.82) is 0 Å². The van der Waals surface area contributed by atoms with Crippen LogP contribution in [-0.4, -0.2) is 30.6 Å². The maximum Gasteiger partial charge on any atom is 0.257 e. The van der Waals surface area contributed by atoms with Gasteiger partial charge in [-0.2, -0.15) is 0 Å². The molecule has 35 heavy (non-hydrogen) atoms. The lowest BCUT2D eigenvalue weighted by Crippen LogP contribution is -2.44. The van der Waals surface area contributed by atoms with E-state index in [1.807, 2.05) is 102 Å². The van der Waals surface area contributed by atoms with E-state index in [4.69, 9.17) is 9.47 Å². The van der Waals surface area contributed by atoms with Gasteiger partial charge in [0.25, 0.3) is 5.91 Å². The van der Waals surface area contributed by atoms with E-state index in [2.05, 4.69) is 17.4 Å². The lowest BCUT2D eigenvalue weighted by atomic mass is 10.0. The standard InChI is InChI=1S/C30H28N2O3/c33-30-27-16-7-8-17-28(27)31-29(32(30)19-18-23-10-3-1-4-11-23)24-12-9-15-26(22-24)35-21-20-34-25-13-5-2-6-14-25/h1-17,22,29,31H,18-21H2. The quantitative estimate of drug-likeness (QED) is 0.311. The van der Waals surface area contributed by atoms with E-state index in [0.29, 0.717) is 25.3 Å². The number of amides is 1. The van der Waals surface area contributed by atoms with Crippen molar-refractivity contribution in [2.75, 3.05) is 25.1 Å². The number of carbonyl (C=O) groups is 1. The smallest absolute Gasteiger partial charge is 0.257 e. The SMILES string of the molecule is O=C1c2ccccc2NC(c2cccc(OCCOc3ccccc3)c2)N1CCc1ccccc1. The van der Waals surface area contributed by atoms with Crippen LogP contribution in [0.15, 0.2) is 109 Å². The molecule has 0 spiro atoms. The van der Waals surface area contributed by atoms with E-state index in [-0.39, 0.29) is 12.1 Å². The summed E-state index contributed by atoms with van der Waals surface area (Å²) in [5.41, 5.74) is 3.72. The summed E-state index contributed by atoms with van der Waals surface area (Å²) in [7, 11) is 0. The maximum absolute atomic E-state index is 13.5. The zero-order valence-electron chi connectivity index (χ0n) is 19.5. The molecule has 1 aliphatic rings. The van der Waals surface area contributed by atoms with Crippen molar-refractivity contribution in [3.63, 3.8) is 0 Å². The Morgan fingerprint density at radius 2 is 1.37 bits per heavy atom. The molecule has 5 heteroatoms. The van der Waals surface area contributed by atoms with E-state index >= 15 is 0 Å². The van der Waals surface area contributed by atoms with E-state index in [1.165, 1.54) is 5.56 Å². The first kappa shape index (κ1) is 22.5. The van der Waals surface area contributed by atoms with Gasteiger partial charge in [0.15, 0.2) is 0 Å². The van der Waals surface area contributed by atoms with Gasteiger partial charge in [0, 0.05) is 12.2 Å². The third-order valence-corrected chi connectivity index (χ3v) is 6.04. The second-order valence-corrected chi connectivity index (χ2v) is 8.41. The van der Waals surface area contributed by atoms with Gasteiger partial charge in [0.05, 0.1) is 5.56 Å². The molecule has 1 atom stereocenters. The largest absolute Gasteiger partial charge is 0.490 e. The minimum absolute atomic E-state index is 0.0304. The first-order valence-electron chi connectivity index (χ1n) is 11.9. The van der Waals surface area contributed by atoms with Crippen molar-refractivity contribution >= 4 is 11.6 Å². The molecule has 1 amide bonds. The van der Waals surface area contributed by atoms with Gasteiger partial charge >= 0.3 is 0 Å². The molecule has 0 fully saturated rings. The van der Waals surface area contributed by atoms with Crippen LogP contribution in [0.25, 0.3) is 0 Å². The molecule has 0 saturated carbocycles. The first-order valence-corrected chi connectivity index (χ1v) is 11.9. The summed E-state index contributed by atoms with van der Waals surface area (Å²) in [5.74, 6) is 1.60. The number of anilines is 1. The van der Waals surface area contributed by atoms with Crippen LogP contribution in [0.3, 0.4) is 0 Å². The third kappa shape index (κ3) is 5.46. The Balaban J connectivity index is 1.31. The second kappa shape index (κ2) is 10.8. The molecule has 0 bridgehead atoms. The molecule has 5 nitrogen and oxygen atoms in total. The minimum atomic E-state index is -0.287. The molecule has 0 aromatic heterocycles. The lowest BCUT2D eigenvalue weighted by molar-refractivity contribution is 0.0685. The number of nitrogens with zero attached hydrogens (tertiary/aromatic N) is 1. The van der Waals surface area contributed by atoms with E-state index < -0.39 is 0 Å². The fourth-order valence-electron chi connectivity index (χ4n) is 4.29. The van der Waals surface area contributed by atoms with Gasteiger partial charge in [-0.3, -0.25) is 4.79 Å². The Kier molecular flexibility index (Phi) is 6.94. The Morgan fingerprint density at radius 1 is 0.714 bits per heavy atom. The zero-order valence-corrected chi connectivity index (χ0v) is 19.5. The molecule has 0 saturated heterocycles. The van der Waals surface area contributed by atoms with Gasteiger partial charge in [0.1, 0.15) is 30.9 Å². The highest BCUT2D eigenvalue weighted by molar-refractivity contribution is 6.01. The van der Waals surface area contributed by atoms with E-state index in [1.54, 1.807) is 0 Å². The number of hydrogen-bond donors (Lipinski definition) is 1. The summed E-state index contributed by atoms with van der Waals surface area (Å²) in [6.45, 7) is 1.48. The number of rotatable bonds is 9. The normalized spacial score (nSPS) is 14.7. The van der Waals surface area contributed by atoms with E-state index in [9.17, 15) is 4.79 Å². The van der Waals surface area contributed by atoms with Gasteiger partial charge in [-0.05, 0) is 53.9 Å². The van der Waals surface area contributed by atoms with Crippen LogP contribution >= 0.6 is 0 Å². The third-order valence-electron chi connectivity index (χ3n) is 6.04. The van der Waals surface area contributed by atoms with Gasteiger partial charge < -0.3 is 19.7 Å². The summed E-state index contributed by atoms with van der Waals surface area (Å²) in [5, 5.41) is 3.57. The molecule has 1 aliphatic heterocycles. The molecule has 0 radical (unpaired) electrons. The van der Waals surface area contributed by atoms with E-state index in [0.717, 1.165) is 29.2 Å². The van der Waals surface area contributed by atoms with Crippen LogP contribution < -0.4 is 14.8 Å². The Bertz CT molecular complexity index is 1260. The Hall–Kier alpha value is -4.25. The number of fused-ring (bicyclic) bond motifs is 1. The number of para-hydroxylation sites is 2. The van der Waals surface area contributed by atoms with Gasteiger partial charge in [-0.1, -0.05) is 72.8 Å². The number of ether oxygens (including phenoxy) is 2. The molecular formula is C30H28N2O3. The molecule has 1 N–H and O–H groups in total. The summed E-state index contributed by atoms with van der Waals surface area (Å²) < 4.78 is 11.7. The number of benzene rings is 4. The van der Waals surface area contributed by atoms with Gasteiger partial charge in [-0.15, -0.1) is 0 Å². The van der Waals surface area contributed by atoms with Crippen LogP contribution in [0, 0.1) is 0 Å². The molecule has 0 aliphatic carbocycles. The highest BCUT2D eigenvalue weighted by atomic mass is 16.5. The lowest BCUT2D eigenvalue weighted by Gasteiger charge is -2.38. The van der Waals surface area contributed by atoms with Crippen LogP contribution in [0.4, 0.5) is 5.69 Å². The molecule has 1 unspecified atom stereocenters. The van der Waals surface area contributed by atoms with Crippen molar-refractivity contribution in [3.8, 4) is 11.5 Å². The average molecular weight is 465 g/mol. The van der Waals surface area contributed by atoms with Crippen LogP contribution in [0.5, 0.6) is 11.5 Å². The fourth-order valence-corrected chi connectivity index (χ4v) is 4.29. The minimum Gasteiger partial charge on any atom is -0.490 e. The monoisotopic (exact) mass is 464 g/mol. The average Bonchev–Trinajstić information content (AvgIpc) is 2.92. The predicted molar refractivity (Wildman–Crippen MR) is 138 cm³/mol. The molecule has 4 aromatic rings. The van der Waals surface area contributed by atoms with Crippen molar-refractivity contribution in [2.45, 2.75) is 12.6 Å². The van der Waals surface area contributed by atoms with Crippen molar-refractivity contribution < 1.29 is 14.3 Å². The van der Waals surface area contributed by atoms with Crippen LogP contribution in [0.1, 0.15) is 27.7 Å². The zero-order chi connectivity index (χ0) is 23.9. The first-order chi connectivity index (χ1) is 17.3. The summed E-state index contributed by atoms with van der Waals surface area (Å²) in [6.07, 6.45) is 0.491. The van der Waals surface area contributed by atoms with Crippen LogP contribution in [0.2, 0.25) is 0 Å². The maximum atomic E-state index is 13.5. The highest BCUT2D eigenvalue weighted by Crippen LogP contribution is 2.34. The van der Waals surface area contributed by atoms with Gasteiger partial charge in [-0.25, -0.2) is 0 Å². The Morgan fingerprint density at radius 3 is 2.17 bits per heavy atom. The highest BCUT2D eigenvalue weighted by Gasteiger charge is 2.32. The second-order valence-electron chi connectivity index (χ2n) is 8.41. The van der Waals surface area contributed by atoms with Crippen molar-refractivity contribution in [3.05, 3.63) is 126 Å². The fraction of sp³-hybridized carbons (Fsp3) is 0.167. The molecule has 4 aromatic carbocycles. The summed E-state index contributed by atoms with van der Waals surface area (Å²) in [4.78, 5) is 15.4. The van der Waals surface area contributed by atoms with Gasteiger partial charge in [0.2, 0.25) is 0 Å². The van der Waals surface area contributed by atoms with Crippen LogP contribution in [-0.2, 0) is 6.42 Å². The number of carbonyl (C=O) groups excluding carboxylic acids is 1. The van der Waals surface area contributed by atoms with Crippen molar-refractivity contribution in [2.24, 2.45) is 0 Å². The van der Waals surface area contributed by atoms with Crippen molar-refractivity contribution in [1.82, 2.24) is 4.90 Å².